The molecule has 1 N–H and O–H groups in total. The Labute approximate surface area is 119 Å². The fraction of sp³-hybridized carbons (Fsp3) is 0.438. The van der Waals surface area contributed by atoms with Crippen molar-refractivity contribution in [2.45, 2.75) is 32.2 Å². The molecule has 4 heteroatoms. The fourth-order valence-electron chi connectivity index (χ4n) is 2.57. The van der Waals surface area contributed by atoms with Crippen molar-refractivity contribution in [2.24, 2.45) is 7.05 Å². The van der Waals surface area contributed by atoms with Crippen LogP contribution in [0, 0.1) is 5.82 Å². The lowest BCUT2D eigenvalue weighted by Gasteiger charge is -2.34. The smallest absolute Gasteiger partial charge is 0.123 e. The van der Waals surface area contributed by atoms with Crippen LogP contribution in [0.15, 0.2) is 36.5 Å². The van der Waals surface area contributed by atoms with Crippen molar-refractivity contribution in [3.8, 4) is 0 Å². The number of nitrogens with one attached hydrogen (secondary N) is 1. The minimum Gasteiger partial charge on any atom is -0.308 e. The molecule has 0 aliphatic heterocycles. The predicted octanol–water partition coefficient (Wildman–Crippen LogP) is 3.19. The summed E-state index contributed by atoms with van der Waals surface area (Å²) in [6.07, 6.45) is 1.94. The maximum atomic E-state index is 13.1. The average Bonchev–Trinajstić information content (AvgIpc) is 2.82. The van der Waals surface area contributed by atoms with Crippen LogP contribution in [0.4, 0.5) is 4.39 Å². The van der Waals surface area contributed by atoms with Gasteiger partial charge in [0.15, 0.2) is 0 Å². The molecule has 1 heterocycles. The Bertz CT molecular complexity index is 557. The zero-order valence-corrected chi connectivity index (χ0v) is 12.5. The lowest BCUT2D eigenvalue weighted by atomic mass is 9.76. The summed E-state index contributed by atoms with van der Waals surface area (Å²) < 4.78 is 14.9. The second kappa shape index (κ2) is 5.75. The van der Waals surface area contributed by atoms with Crippen LogP contribution >= 0.6 is 0 Å². The molecular weight excluding hydrogens is 253 g/mol. The number of aryl methyl sites for hydroxylation is 1. The van der Waals surface area contributed by atoms with Gasteiger partial charge < -0.3 is 5.32 Å². The third-order valence-electron chi connectivity index (χ3n) is 3.75. The van der Waals surface area contributed by atoms with Gasteiger partial charge >= 0.3 is 0 Å². The lowest BCUT2D eigenvalue weighted by molar-refractivity contribution is 0.344. The SMILES string of the molecule is CCNC(c1ccn(C)n1)C(C)(C)c1ccc(F)cc1. The van der Waals surface area contributed by atoms with Crippen LogP contribution in [-0.4, -0.2) is 16.3 Å². The number of hydrogen-bond donors (Lipinski definition) is 1. The fourth-order valence-corrected chi connectivity index (χ4v) is 2.57. The third kappa shape index (κ3) is 2.90. The van der Waals surface area contributed by atoms with Gasteiger partial charge in [-0.15, -0.1) is 0 Å². The van der Waals surface area contributed by atoms with Crippen LogP contribution in [0.25, 0.3) is 0 Å². The van der Waals surface area contributed by atoms with Crippen molar-refractivity contribution in [1.82, 2.24) is 15.1 Å². The first-order chi connectivity index (χ1) is 9.45. The molecule has 2 aromatic rings. The number of rotatable bonds is 5. The van der Waals surface area contributed by atoms with Gasteiger partial charge in [-0.25, -0.2) is 4.39 Å². The van der Waals surface area contributed by atoms with Crippen LogP contribution in [0.3, 0.4) is 0 Å². The summed E-state index contributed by atoms with van der Waals surface area (Å²) in [4.78, 5) is 0. The van der Waals surface area contributed by atoms with Crippen molar-refractivity contribution in [2.75, 3.05) is 6.54 Å². The van der Waals surface area contributed by atoms with E-state index in [-0.39, 0.29) is 17.3 Å². The molecular formula is C16H22FN3. The van der Waals surface area contributed by atoms with E-state index in [9.17, 15) is 4.39 Å². The summed E-state index contributed by atoms with van der Waals surface area (Å²) in [7, 11) is 1.91. The Morgan fingerprint density at radius 3 is 2.40 bits per heavy atom. The summed E-state index contributed by atoms with van der Waals surface area (Å²) in [5.74, 6) is -0.206. The molecule has 108 valence electrons. The van der Waals surface area contributed by atoms with Crippen LogP contribution in [0.5, 0.6) is 0 Å². The molecule has 0 aliphatic rings. The van der Waals surface area contributed by atoms with Gasteiger partial charge in [-0.3, -0.25) is 4.68 Å². The molecule has 0 saturated heterocycles. The molecule has 0 saturated carbocycles. The van der Waals surface area contributed by atoms with Crippen molar-refractivity contribution >= 4 is 0 Å². The molecule has 1 atom stereocenters. The monoisotopic (exact) mass is 275 g/mol. The Morgan fingerprint density at radius 2 is 1.90 bits per heavy atom. The standard InChI is InChI=1S/C16H22FN3/c1-5-18-15(14-10-11-20(4)19-14)16(2,3)12-6-8-13(17)9-7-12/h6-11,15,18H,5H2,1-4H3. The van der Waals surface area contributed by atoms with Gasteiger partial charge in [-0.1, -0.05) is 32.9 Å². The zero-order chi connectivity index (χ0) is 14.8. The number of hydrogen-bond acceptors (Lipinski definition) is 2. The van der Waals surface area contributed by atoms with Gasteiger partial charge in [0.25, 0.3) is 0 Å². The largest absolute Gasteiger partial charge is 0.308 e. The topological polar surface area (TPSA) is 29.9 Å². The van der Waals surface area contributed by atoms with Crippen LogP contribution in [0.2, 0.25) is 0 Å². The van der Waals surface area contributed by atoms with Gasteiger partial charge in [0.1, 0.15) is 5.82 Å². The molecule has 1 unspecified atom stereocenters. The summed E-state index contributed by atoms with van der Waals surface area (Å²) >= 11 is 0. The Balaban J connectivity index is 2.38. The van der Waals surface area contributed by atoms with E-state index in [0.717, 1.165) is 17.8 Å². The Hall–Kier alpha value is -1.68. The van der Waals surface area contributed by atoms with E-state index < -0.39 is 0 Å². The Morgan fingerprint density at radius 1 is 1.25 bits per heavy atom. The quantitative estimate of drug-likeness (QED) is 0.908. The summed E-state index contributed by atoms with van der Waals surface area (Å²) in [6.45, 7) is 7.24. The number of nitrogens with zero attached hydrogens (tertiary/aromatic N) is 2. The van der Waals surface area contributed by atoms with Crippen molar-refractivity contribution in [1.29, 1.82) is 0 Å². The molecule has 0 aliphatic carbocycles. The number of benzene rings is 1. The van der Waals surface area contributed by atoms with E-state index in [1.54, 1.807) is 4.68 Å². The predicted molar refractivity (Wildman–Crippen MR) is 79.1 cm³/mol. The molecule has 0 bridgehead atoms. The second-order valence-corrected chi connectivity index (χ2v) is 5.63. The second-order valence-electron chi connectivity index (χ2n) is 5.63. The molecule has 0 amide bonds. The highest BCUT2D eigenvalue weighted by Crippen LogP contribution is 2.36. The van der Waals surface area contributed by atoms with Crippen molar-refractivity contribution < 1.29 is 4.39 Å². The molecule has 1 aromatic heterocycles. The van der Waals surface area contributed by atoms with Crippen molar-refractivity contribution in [3.63, 3.8) is 0 Å². The normalized spacial score (nSPS) is 13.4. The van der Waals surface area contributed by atoms with Gasteiger partial charge in [0.2, 0.25) is 0 Å². The first-order valence-corrected chi connectivity index (χ1v) is 6.94. The molecule has 0 spiro atoms. The van der Waals surface area contributed by atoms with E-state index in [2.05, 4.69) is 31.2 Å². The van der Waals surface area contributed by atoms with E-state index in [1.807, 2.05) is 31.4 Å². The summed E-state index contributed by atoms with van der Waals surface area (Å²) in [5.41, 5.74) is 1.91. The van der Waals surface area contributed by atoms with Gasteiger partial charge in [0.05, 0.1) is 11.7 Å². The summed E-state index contributed by atoms with van der Waals surface area (Å²) in [6, 6.07) is 8.83. The van der Waals surface area contributed by atoms with Crippen LogP contribution in [0.1, 0.15) is 38.1 Å². The Kier molecular flexibility index (Phi) is 4.23. The highest BCUT2D eigenvalue weighted by atomic mass is 19.1. The van der Waals surface area contributed by atoms with E-state index in [1.165, 1.54) is 12.1 Å². The third-order valence-corrected chi connectivity index (χ3v) is 3.75. The maximum Gasteiger partial charge on any atom is 0.123 e. The minimum absolute atomic E-state index is 0.0826. The molecule has 20 heavy (non-hydrogen) atoms. The minimum atomic E-state index is -0.206. The summed E-state index contributed by atoms with van der Waals surface area (Å²) in [5, 5.41) is 8.02. The maximum absolute atomic E-state index is 13.1. The van der Waals surface area contributed by atoms with E-state index in [0.29, 0.717) is 0 Å². The highest BCUT2D eigenvalue weighted by Gasteiger charge is 2.33. The average molecular weight is 275 g/mol. The lowest BCUT2D eigenvalue weighted by Crippen LogP contribution is -2.37. The van der Waals surface area contributed by atoms with E-state index >= 15 is 0 Å². The first-order valence-electron chi connectivity index (χ1n) is 6.94. The number of likely N-dealkylation sites (N-methyl/N-ethyl adjacent to an activating group) is 1. The van der Waals surface area contributed by atoms with Gasteiger partial charge in [0, 0.05) is 18.7 Å². The number of aromatic nitrogens is 2. The van der Waals surface area contributed by atoms with Gasteiger partial charge in [-0.2, -0.15) is 5.10 Å². The molecule has 1 aromatic carbocycles. The first kappa shape index (κ1) is 14.7. The molecule has 0 radical (unpaired) electrons. The molecule has 2 rings (SSSR count). The van der Waals surface area contributed by atoms with Crippen molar-refractivity contribution in [3.05, 3.63) is 53.6 Å². The van der Waals surface area contributed by atoms with Gasteiger partial charge in [-0.05, 0) is 30.3 Å². The van der Waals surface area contributed by atoms with Crippen LogP contribution < -0.4 is 5.32 Å². The molecule has 3 nitrogen and oxygen atoms in total. The van der Waals surface area contributed by atoms with E-state index in [4.69, 9.17) is 0 Å². The highest BCUT2D eigenvalue weighted by molar-refractivity contribution is 5.29. The zero-order valence-electron chi connectivity index (χ0n) is 12.5. The molecule has 0 fully saturated rings. The number of halogens is 1. The van der Waals surface area contributed by atoms with Crippen LogP contribution in [-0.2, 0) is 12.5 Å².